The molecule has 0 radical (unpaired) electrons. The number of nitrogens with zero attached hydrogens (tertiary/aromatic N) is 1. The summed E-state index contributed by atoms with van der Waals surface area (Å²) in [5.41, 5.74) is -0.328. The van der Waals surface area contributed by atoms with E-state index in [1.807, 2.05) is 0 Å². The molecule has 0 saturated carbocycles. The second-order valence-electron chi connectivity index (χ2n) is 4.41. The molecule has 3 nitrogen and oxygen atoms in total. The SMILES string of the molecule is COc1ccc(C=Nc2ccc(OC)cc2C(F)(F)F)cc1. The maximum Gasteiger partial charge on any atom is 0.418 e. The molecule has 22 heavy (non-hydrogen) atoms. The number of alkyl halides is 3. The van der Waals surface area contributed by atoms with Crippen molar-refractivity contribution in [1.82, 2.24) is 0 Å². The summed E-state index contributed by atoms with van der Waals surface area (Å²) in [6.07, 6.45) is -3.13. The normalized spacial score (nSPS) is 11.7. The number of methoxy groups -OCH3 is 2. The minimum atomic E-state index is -4.50. The minimum absolute atomic E-state index is 0.135. The number of hydrogen-bond acceptors (Lipinski definition) is 3. The highest BCUT2D eigenvalue weighted by Crippen LogP contribution is 2.38. The van der Waals surface area contributed by atoms with Gasteiger partial charge in [0.1, 0.15) is 11.5 Å². The lowest BCUT2D eigenvalue weighted by Crippen LogP contribution is -2.05. The standard InChI is InChI=1S/C16H14F3NO2/c1-21-12-5-3-11(4-6-12)10-20-15-8-7-13(22-2)9-14(15)16(17,18)19/h3-10H,1-2H3. The van der Waals surface area contributed by atoms with Gasteiger partial charge in [-0.3, -0.25) is 4.99 Å². The number of halogens is 3. The van der Waals surface area contributed by atoms with E-state index in [1.165, 1.54) is 32.6 Å². The summed E-state index contributed by atoms with van der Waals surface area (Å²) >= 11 is 0. The summed E-state index contributed by atoms with van der Waals surface area (Å²) in [4.78, 5) is 3.93. The molecule has 0 fully saturated rings. The van der Waals surface area contributed by atoms with Crippen LogP contribution in [0.1, 0.15) is 11.1 Å². The fourth-order valence-corrected chi connectivity index (χ4v) is 1.82. The Hall–Kier alpha value is -2.50. The fraction of sp³-hybridized carbons (Fsp3) is 0.188. The van der Waals surface area contributed by atoms with Crippen molar-refractivity contribution < 1.29 is 22.6 Å². The van der Waals surface area contributed by atoms with E-state index in [4.69, 9.17) is 9.47 Å². The molecule has 0 aliphatic heterocycles. The molecule has 0 saturated heterocycles. The topological polar surface area (TPSA) is 30.8 Å². The van der Waals surface area contributed by atoms with Gasteiger partial charge in [-0.1, -0.05) is 0 Å². The van der Waals surface area contributed by atoms with Crippen LogP contribution in [0.25, 0.3) is 0 Å². The first-order valence-corrected chi connectivity index (χ1v) is 6.37. The van der Waals surface area contributed by atoms with Gasteiger partial charge in [0.05, 0.1) is 25.5 Å². The highest BCUT2D eigenvalue weighted by atomic mass is 19.4. The number of aliphatic imine (C=N–C) groups is 1. The van der Waals surface area contributed by atoms with Gasteiger partial charge in [-0.2, -0.15) is 13.2 Å². The fourth-order valence-electron chi connectivity index (χ4n) is 1.82. The average molecular weight is 309 g/mol. The molecule has 6 heteroatoms. The van der Waals surface area contributed by atoms with E-state index in [9.17, 15) is 13.2 Å². The molecule has 116 valence electrons. The Morgan fingerprint density at radius 1 is 0.909 bits per heavy atom. The molecule has 0 unspecified atom stereocenters. The van der Waals surface area contributed by atoms with Crippen molar-refractivity contribution in [2.75, 3.05) is 14.2 Å². The van der Waals surface area contributed by atoms with Gasteiger partial charge in [-0.05, 0) is 48.0 Å². The predicted octanol–water partition coefficient (Wildman–Crippen LogP) is 4.47. The van der Waals surface area contributed by atoms with Crippen LogP contribution in [-0.2, 0) is 6.18 Å². The minimum Gasteiger partial charge on any atom is -0.497 e. The third-order valence-corrected chi connectivity index (χ3v) is 2.98. The smallest absolute Gasteiger partial charge is 0.418 e. The van der Waals surface area contributed by atoms with Gasteiger partial charge in [0.25, 0.3) is 0 Å². The third-order valence-electron chi connectivity index (χ3n) is 2.98. The molecule has 0 atom stereocenters. The van der Waals surface area contributed by atoms with Gasteiger partial charge in [-0.25, -0.2) is 0 Å². The number of ether oxygens (including phenoxy) is 2. The van der Waals surface area contributed by atoms with Crippen LogP contribution in [0.2, 0.25) is 0 Å². The molecule has 0 N–H and O–H groups in total. The molecule has 0 aromatic heterocycles. The van der Waals surface area contributed by atoms with Gasteiger partial charge < -0.3 is 9.47 Å². The van der Waals surface area contributed by atoms with Crippen molar-refractivity contribution in [3.63, 3.8) is 0 Å². The molecule has 0 aliphatic carbocycles. The van der Waals surface area contributed by atoms with E-state index in [1.54, 1.807) is 24.3 Å². The molecule has 0 amide bonds. The monoisotopic (exact) mass is 309 g/mol. The third kappa shape index (κ3) is 3.78. The highest BCUT2D eigenvalue weighted by Gasteiger charge is 2.34. The maximum absolute atomic E-state index is 13.0. The highest BCUT2D eigenvalue weighted by molar-refractivity contribution is 5.82. The van der Waals surface area contributed by atoms with Crippen LogP contribution in [0.3, 0.4) is 0 Å². The van der Waals surface area contributed by atoms with Crippen molar-refractivity contribution in [2.45, 2.75) is 6.18 Å². The summed E-state index contributed by atoms with van der Waals surface area (Å²) in [5, 5.41) is 0. The summed E-state index contributed by atoms with van der Waals surface area (Å²) in [6, 6.07) is 10.5. The first-order valence-electron chi connectivity index (χ1n) is 6.37. The first kappa shape index (κ1) is 15.9. The Morgan fingerprint density at radius 3 is 2.05 bits per heavy atom. The lowest BCUT2D eigenvalue weighted by Gasteiger charge is -2.11. The van der Waals surface area contributed by atoms with E-state index >= 15 is 0 Å². The first-order chi connectivity index (χ1) is 10.4. The summed E-state index contributed by atoms with van der Waals surface area (Å²) < 4.78 is 49.0. The largest absolute Gasteiger partial charge is 0.497 e. The number of benzene rings is 2. The van der Waals surface area contributed by atoms with E-state index in [2.05, 4.69) is 4.99 Å². The molecule has 0 aliphatic rings. The van der Waals surface area contributed by atoms with Gasteiger partial charge in [0, 0.05) is 6.21 Å². The van der Waals surface area contributed by atoms with E-state index in [0.717, 1.165) is 6.07 Å². The summed E-state index contributed by atoms with van der Waals surface area (Å²) in [6.45, 7) is 0. The van der Waals surface area contributed by atoms with Crippen LogP contribution in [-0.4, -0.2) is 20.4 Å². The summed E-state index contributed by atoms with van der Waals surface area (Å²) in [5.74, 6) is 0.799. The quantitative estimate of drug-likeness (QED) is 0.780. The van der Waals surface area contributed by atoms with Gasteiger partial charge in [0.15, 0.2) is 0 Å². The van der Waals surface area contributed by atoms with Gasteiger partial charge in [-0.15, -0.1) is 0 Å². The molecule has 2 aromatic rings. The second kappa shape index (κ2) is 6.51. The average Bonchev–Trinajstić information content (AvgIpc) is 2.52. The zero-order valence-electron chi connectivity index (χ0n) is 12.0. The van der Waals surface area contributed by atoms with Crippen molar-refractivity contribution >= 4 is 11.9 Å². The van der Waals surface area contributed by atoms with Crippen LogP contribution in [0, 0.1) is 0 Å². The Kier molecular flexibility index (Phi) is 4.70. The zero-order chi connectivity index (χ0) is 16.2. The Labute approximate surface area is 126 Å². The van der Waals surface area contributed by atoms with Crippen LogP contribution in [0.4, 0.5) is 18.9 Å². The van der Waals surface area contributed by atoms with Crippen LogP contribution < -0.4 is 9.47 Å². The van der Waals surface area contributed by atoms with Crippen molar-refractivity contribution in [3.8, 4) is 11.5 Å². The number of hydrogen-bond donors (Lipinski definition) is 0. The zero-order valence-corrected chi connectivity index (χ0v) is 12.0. The maximum atomic E-state index is 13.0. The van der Waals surface area contributed by atoms with Gasteiger partial charge in [0.2, 0.25) is 0 Å². The lowest BCUT2D eigenvalue weighted by atomic mass is 10.1. The summed E-state index contributed by atoms with van der Waals surface area (Å²) in [7, 11) is 2.85. The molecular weight excluding hydrogens is 295 g/mol. The van der Waals surface area contributed by atoms with Crippen molar-refractivity contribution in [1.29, 1.82) is 0 Å². The van der Waals surface area contributed by atoms with Crippen LogP contribution in [0.5, 0.6) is 11.5 Å². The molecule has 0 heterocycles. The van der Waals surface area contributed by atoms with E-state index in [-0.39, 0.29) is 11.4 Å². The Morgan fingerprint density at radius 2 is 1.50 bits per heavy atom. The molecule has 2 rings (SSSR count). The molecule has 0 spiro atoms. The second-order valence-corrected chi connectivity index (χ2v) is 4.41. The van der Waals surface area contributed by atoms with Crippen LogP contribution in [0.15, 0.2) is 47.5 Å². The van der Waals surface area contributed by atoms with E-state index < -0.39 is 11.7 Å². The molecule has 0 bridgehead atoms. The van der Waals surface area contributed by atoms with E-state index in [0.29, 0.717) is 11.3 Å². The predicted molar refractivity (Wildman–Crippen MR) is 78.2 cm³/mol. The van der Waals surface area contributed by atoms with Crippen LogP contribution >= 0.6 is 0 Å². The molecular formula is C16H14F3NO2. The van der Waals surface area contributed by atoms with Crippen molar-refractivity contribution in [3.05, 3.63) is 53.6 Å². The Bertz CT molecular complexity index is 664. The number of rotatable bonds is 4. The Balaban J connectivity index is 2.33. The lowest BCUT2D eigenvalue weighted by molar-refractivity contribution is -0.137. The molecule has 2 aromatic carbocycles. The van der Waals surface area contributed by atoms with Crippen molar-refractivity contribution in [2.24, 2.45) is 4.99 Å². The van der Waals surface area contributed by atoms with Gasteiger partial charge >= 0.3 is 6.18 Å².